The van der Waals surface area contributed by atoms with Gasteiger partial charge in [0.1, 0.15) is 0 Å². The van der Waals surface area contributed by atoms with Gasteiger partial charge in [0, 0.05) is 37.9 Å². The molecule has 1 saturated heterocycles. The quantitative estimate of drug-likeness (QED) is 0.824. The molecule has 0 bridgehead atoms. The summed E-state index contributed by atoms with van der Waals surface area (Å²) in [6.45, 7) is 3.22. The molecule has 7 heteroatoms. The number of rotatable bonds is 6. The first-order chi connectivity index (χ1) is 12.9. The van der Waals surface area contributed by atoms with Crippen molar-refractivity contribution >= 4 is 15.9 Å². The zero-order valence-corrected chi connectivity index (χ0v) is 16.3. The van der Waals surface area contributed by atoms with Crippen LogP contribution in [0.2, 0.25) is 0 Å². The van der Waals surface area contributed by atoms with Gasteiger partial charge in [0.05, 0.1) is 5.75 Å². The van der Waals surface area contributed by atoms with Crippen molar-refractivity contribution in [2.45, 2.75) is 32.1 Å². The van der Waals surface area contributed by atoms with Gasteiger partial charge in [-0.25, -0.2) is 12.7 Å². The zero-order valence-electron chi connectivity index (χ0n) is 15.5. The van der Waals surface area contributed by atoms with E-state index in [4.69, 9.17) is 0 Å². The number of piperidine rings is 1. The molecule has 2 heterocycles. The van der Waals surface area contributed by atoms with Gasteiger partial charge in [-0.1, -0.05) is 29.8 Å². The average molecular weight is 388 g/mol. The molecule has 1 aromatic heterocycles. The lowest BCUT2D eigenvalue weighted by Crippen LogP contribution is -2.43. The Labute approximate surface area is 160 Å². The number of aryl methyl sites for hydroxylation is 1. The van der Waals surface area contributed by atoms with Crippen molar-refractivity contribution in [3.05, 3.63) is 65.5 Å². The van der Waals surface area contributed by atoms with Crippen LogP contribution < -0.4 is 5.32 Å². The van der Waals surface area contributed by atoms with Crippen LogP contribution in [0.25, 0.3) is 0 Å². The fourth-order valence-electron chi connectivity index (χ4n) is 3.22. The molecule has 1 aromatic carbocycles. The van der Waals surface area contributed by atoms with Crippen LogP contribution in [0.4, 0.5) is 0 Å². The molecule has 6 nitrogen and oxygen atoms in total. The van der Waals surface area contributed by atoms with Gasteiger partial charge < -0.3 is 5.32 Å². The van der Waals surface area contributed by atoms with E-state index in [0.29, 0.717) is 32.5 Å². The number of carbonyl (C=O) groups excluding carboxylic acids is 1. The minimum atomic E-state index is -3.36. The van der Waals surface area contributed by atoms with E-state index in [9.17, 15) is 13.2 Å². The highest BCUT2D eigenvalue weighted by Crippen LogP contribution is 2.22. The normalized spacial score (nSPS) is 16.2. The van der Waals surface area contributed by atoms with Crippen molar-refractivity contribution < 1.29 is 13.2 Å². The molecule has 0 radical (unpaired) electrons. The van der Waals surface area contributed by atoms with Gasteiger partial charge >= 0.3 is 0 Å². The van der Waals surface area contributed by atoms with E-state index in [1.807, 2.05) is 43.3 Å². The van der Waals surface area contributed by atoms with Crippen LogP contribution in [-0.4, -0.2) is 36.7 Å². The molecule has 2 aromatic rings. The van der Waals surface area contributed by atoms with Crippen molar-refractivity contribution in [3.8, 4) is 0 Å². The van der Waals surface area contributed by atoms with Gasteiger partial charge in [0.25, 0.3) is 0 Å². The summed E-state index contributed by atoms with van der Waals surface area (Å²) in [7, 11) is -3.36. The van der Waals surface area contributed by atoms with Gasteiger partial charge in [-0.3, -0.25) is 9.78 Å². The van der Waals surface area contributed by atoms with E-state index < -0.39 is 10.0 Å². The summed E-state index contributed by atoms with van der Waals surface area (Å²) in [6.07, 6.45) is 4.49. The fourth-order valence-corrected chi connectivity index (χ4v) is 4.78. The second-order valence-corrected chi connectivity index (χ2v) is 8.96. The third-order valence-electron chi connectivity index (χ3n) is 4.90. The monoisotopic (exact) mass is 387 g/mol. The lowest BCUT2D eigenvalue weighted by atomic mass is 9.97. The average Bonchev–Trinajstić information content (AvgIpc) is 2.69. The van der Waals surface area contributed by atoms with E-state index in [2.05, 4.69) is 10.3 Å². The second-order valence-electron chi connectivity index (χ2n) is 6.99. The SMILES string of the molecule is Cc1ccc(CS(=O)(=O)N2CCC(C(=O)NCc3ccncc3)CC2)cc1. The highest BCUT2D eigenvalue weighted by atomic mass is 32.2. The molecular weight excluding hydrogens is 362 g/mol. The molecule has 0 saturated carbocycles. The van der Waals surface area contributed by atoms with Gasteiger partial charge in [-0.05, 0) is 43.0 Å². The smallest absolute Gasteiger partial charge is 0.223 e. The van der Waals surface area contributed by atoms with Gasteiger partial charge in [0.2, 0.25) is 15.9 Å². The van der Waals surface area contributed by atoms with Crippen LogP contribution in [-0.2, 0) is 27.1 Å². The molecule has 1 aliphatic heterocycles. The summed E-state index contributed by atoms with van der Waals surface area (Å²) in [5.74, 6) is -0.147. The molecule has 0 unspecified atom stereocenters. The second kappa shape index (κ2) is 8.63. The Morgan fingerprint density at radius 3 is 2.33 bits per heavy atom. The Hall–Kier alpha value is -2.25. The molecule has 27 heavy (non-hydrogen) atoms. The molecule has 0 aliphatic carbocycles. The lowest BCUT2D eigenvalue weighted by molar-refractivity contribution is -0.126. The standard InChI is InChI=1S/C20H25N3O3S/c1-16-2-4-18(5-3-16)15-27(25,26)23-12-8-19(9-13-23)20(24)22-14-17-6-10-21-11-7-17/h2-7,10-11,19H,8-9,12-15H2,1H3,(H,22,24). The predicted octanol–water partition coefficient (Wildman–Crippen LogP) is 2.25. The van der Waals surface area contributed by atoms with Crippen molar-refractivity contribution in [2.75, 3.05) is 13.1 Å². The van der Waals surface area contributed by atoms with Gasteiger partial charge in [-0.2, -0.15) is 0 Å². The van der Waals surface area contributed by atoms with Crippen LogP contribution in [0.15, 0.2) is 48.8 Å². The Morgan fingerprint density at radius 1 is 1.07 bits per heavy atom. The van der Waals surface area contributed by atoms with E-state index in [1.54, 1.807) is 12.4 Å². The largest absolute Gasteiger partial charge is 0.352 e. The van der Waals surface area contributed by atoms with Crippen LogP contribution in [0.3, 0.4) is 0 Å². The van der Waals surface area contributed by atoms with Crippen LogP contribution in [0.1, 0.15) is 29.5 Å². The number of hydrogen-bond donors (Lipinski definition) is 1. The summed E-state index contributed by atoms with van der Waals surface area (Å²) in [6, 6.07) is 11.3. The molecule has 1 fully saturated rings. The number of carbonyl (C=O) groups is 1. The maximum Gasteiger partial charge on any atom is 0.223 e. The topological polar surface area (TPSA) is 79.4 Å². The molecule has 0 spiro atoms. The Kier molecular flexibility index (Phi) is 6.23. The highest BCUT2D eigenvalue weighted by molar-refractivity contribution is 7.88. The first-order valence-corrected chi connectivity index (χ1v) is 10.7. The number of hydrogen-bond acceptors (Lipinski definition) is 4. The van der Waals surface area contributed by atoms with Crippen molar-refractivity contribution in [3.63, 3.8) is 0 Å². The third kappa shape index (κ3) is 5.37. The number of amides is 1. The molecule has 144 valence electrons. The number of aromatic nitrogens is 1. The van der Waals surface area contributed by atoms with Crippen molar-refractivity contribution in [2.24, 2.45) is 5.92 Å². The fraction of sp³-hybridized carbons (Fsp3) is 0.400. The van der Waals surface area contributed by atoms with Gasteiger partial charge in [-0.15, -0.1) is 0 Å². The minimum Gasteiger partial charge on any atom is -0.352 e. The van der Waals surface area contributed by atoms with E-state index in [0.717, 1.165) is 16.7 Å². The van der Waals surface area contributed by atoms with E-state index in [1.165, 1.54) is 4.31 Å². The summed E-state index contributed by atoms with van der Waals surface area (Å²) in [5.41, 5.74) is 2.89. The summed E-state index contributed by atoms with van der Waals surface area (Å²) < 4.78 is 26.8. The first kappa shape index (κ1) is 19.5. The van der Waals surface area contributed by atoms with Crippen molar-refractivity contribution in [1.82, 2.24) is 14.6 Å². The third-order valence-corrected chi connectivity index (χ3v) is 6.75. The van der Waals surface area contributed by atoms with E-state index in [-0.39, 0.29) is 17.6 Å². The molecule has 1 aliphatic rings. The zero-order chi connectivity index (χ0) is 19.3. The summed E-state index contributed by atoms with van der Waals surface area (Å²) in [4.78, 5) is 16.3. The Bertz CT molecular complexity index is 859. The van der Waals surface area contributed by atoms with Crippen LogP contribution in [0.5, 0.6) is 0 Å². The number of benzene rings is 1. The maximum atomic E-state index is 12.6. The maximum absolute atomic E-state index is 12.6. The number of pyridine rings is 1. The van der Waals surface area contributed by atoms with Crippen molar-refractivity contribution in [1.29, 1.82) is 0 Å². The molecule has 3 rings (SSSR count). The van der Waals surface area contributed by atoms with Gasteiger partial charge in [0.15, 0.2) is 0 Å². The number of sulfonamides is 1. The number of nitrogens with one attached hydrogen (secondary N) is 1. The minimum absolute atomic E-state index is 0.00614. The van der Waals surface area contributed by atoms with Crippen LogP contribution in [0, 0.1) is 12.8 Å². The Morgan fingerprint density at radius 2 is 1.70 bits per heavy atom. The van der Waals surface area contributed by atoms with Crippen LogP contribution >= 0.6 is 0 Å². The number of nitrogens with zero attached hydrogens (tertiary/aromatic N) is 2. The lowest BCUT2D eigenvalue weighted by Gasteiger charge is -2.30. The molecular formula is C20H25N3O3S. The van der Waals surface area contributed by atoms with E-state index >= 15 is 0 Å². The Balaban J connectivity index is 1.50. The summed E-state index contributed by atoms with van der Waals surface area (Å²) in [5, 5.41) is 2.93. The molecule has 0 atom stereocenters. The predicted molar refractivity (Wildman–Crippen MR) is 104 cm³/mol. The molecule has 1 amide bonds. The molecule has 1 N–H and O–H groups in total. The highest BCUT2D eigenvalue weighted by Gasteiger charge is 2.31. The summed E-state index contributed by atoms with van der Waals surface area (Å²) >= 11 is 0. The first-order valence-electron chi connectivity index (χ1n) is 9.14.